The maximum absolute atomic E-state index is 12.4. The Balaban J connectivity index is 1.17. The third kappa shape index (κ3) is 4.36. The monoisotopic (exact) mass is 704 g/mol. The molecule has 2 aromatic carbocycles. The molecular weight excluding hydrogens is 652 g/mol. The van der Waals surface area contributed by atoms with Crippen LogP contribution in [0.2, 0.25) is 0 Å². The fraction of sp³-hybridized carbons (Fsp3) is 0.707. The zero-order chi connectivity index (χ0) is 35.6. The van der Waals surface area contributed by atoms with Crippen molar-refractivity contribution < 1.29 is 48.1 Å². The molecule has 8 aliphatic heterocycles. The van der Waals surface area contributed by atoms with E-state index in [4.69, 9.17) is 37.9 Å². The molecule has 10 rings (SSSR count). The Morgan fingerprint density at radius 2 is 0.922 bits per heavy atom. The molecule has 2 aromatic rings. The summed E-state index contributed by atoms with van der Waals surface area (Å²) in [6.45, 7) is 18.5. The van der Waals surface area contributed by atoms with Gasteiger partial charge in [0.25, 0.3) is 0 Å². The first-order valence-electron chi connectivity index (χ1n) is 19.3. The lowest BCUT2D eigenvalue weighted by molar-refractivity contribution is -0.185. The highest BCUT2D eigenvalue weighted by atomic mass is 16.7. The Labute approximate surface area is 300 Å². The number of phenols is 2. The molecule has 2 N–H and O–H groups in total. The minimum atomic E-state index is -0.861. The standard InChI is InChI=1S/C41H52O10/c1-18-15-44-39(6)29(18)12-26-33(43)25(36-28(37(26)51-39)14-31-20(3)17-46-41(31,8)50-36)11-24-32(42)23-10-22-9-21(4)47-38(22,5)48-34(23)27-13-30-19(2)16-45-40(30,7)49-35(24)27/h18-22,29-31,42-43H,9-17H2,1-8H3. The number of phenolic OH excluding ortho intramolecular Hbond substituents is 2. The predicted octanol–water partition coefficient (Wildman–Crippen LogP) is 6.57. The van der Waals surface area contributed by atoms with Crippen molar-refractivity contribution >= 4 is 0 Å². The fourth-order valence-electron chi connectivity index (χ4n) is 11.3. The maximum Gasteiger partial charge on any atom is 0.211 e. The molecule has 10 nitrogen and oxygen atoms in total. The second-order valence-corrected chi connectivity index (χ2v) is 17.9. The third-order valence-corrected chi connectivity index (χ3v) is 14.4. The highest BCUT2D eigenvalue weighted by Gasteiger charge is 2.58. The molecule has 8 aliphatic rings. The molecule has 0 radical (unpaired) electrons. The van der Waals surface area contributed by atoms with Gasteiger partial charge in [0.2, 0.25) is 23.1 Å². The van der Waals surface area contributed by atoms with Crippen molar-refractivity contribution in [3.8, 4) is 34.5 Å². The van der Waals surface area contributed by atoms with Crippen molar-refractivity contribution in [2.75, 3.05) is 19.8 Å². The average Bonchev–Trinajstić information content (AvgIpc) is 3.75. The van der Waals surface area contributed by atoms with Gasteiger partial charge in [-0.15, -0.1) is 0 Å². The highest BCUT2D eigenvalue weighted by molar-refractivity contribution is 5.70. The topological polar surface area (TPSA) is 114 Å². The number of aromatic hydroxyl groups is 2. The molecule has 4 fully saturated rings. The molecule has 0 saturated carbocycles. The zero-order valence-electron chi connectivity index (χ0n) is 31.1. The molecule has 12 atom stereocenters. The molecule has 10 heteroatoms. The summed E-state index contributed by atoms with van der Waals surface area (Å²) in [6, 6.07) is 0. The van der Waals surface area contributed by atoms with E-state index in [1.54, 1.807) is 0 Å². The van der Waals surface area contributed by atoms with Crippen molar-refractivity contribution in [3.63, 3.8) is 0 Å². The number of benzene rings is 2. The van der Waals surface area contributed by atoms with E-state index in [2.05, 4.69) is 27.7 Å². The quantitative estimate of drug-likeness (QED) is 0.356. The van der Waals surface area contributed by atoms with Gasteiger partial charge in [0.15, 0.2) is 0 Å². The van der Waals surface area contributed by atoms with Crippen molar-refractivity contribution in [1.82, 2.24) is 0 Å². The van der Waals surface area contributed by atoms with Gasteiger partial charge in [0.05, 0.1) is 25.9 Å². The van der Waals surface area contributed by atoms with E-state index in [1.165, 1.54) is 0 Å². The molecule has 0 aliphatic carbocycles. The van der Waals surface area contributed by atoms with Gasteiger partial charge in [-0.2, -0.15) is 0 Å². The van der Waals surface area contributed by atoms with Crippen LogP contribution in [-0.4, -0.2) is 59.3 Å². The number of hydrogen-bond acceptors (Lipinski definition) is 10. The van der Waals surface area contributed by atoms with Gasteiger partial charge < -0.3 is 48.1 Å². The first-order valence-corrected chi connectivity index (χ1v) is 19.3. The largest absolute Gasteiger partial charge is 0.507 e. The van der Waals surface area contributed by atoms with Crippen LogP contribution >= 0.6 is 0 Å². The Bertz CT molecular complexity index is 1860. The van der Waals surface area contributed by atoms with E-state index in [0.717, 1.165) is 28.7 Å². The molecule has 8 heterocycles. The molecule has 0 amide bonds. The van der Waals surface area contributed by atoms with Crippen LogP contribution in [0.5, 0.6) is 34.5 Å². The van der Waals surface area contributed by atoms with Crippen LogP contribution in [0.25, 0.3) is 0 Å². The number of hydrogen-bond donors (Lipinski definition) is 2. The van der Waals surface area contributed by atoms with Crippen LogP contribution in [0.1, 0.15) is 95.2 Å². The number of fused-ring (bicyclic) bond motifs is 10. The molecule has 0 aromatic heterocycles. The smallest absolute Gasteiger partial charge is 0.211 e. The predicted molar refractivity (Wildman–Crippen MR) is 184 cm³/mol. The average molecular weight is 705 g/mol. The van der Waals surface area contributed by atoms with E-state index in [0.29, 0.717) is 79.6 Å². The van der Waals surface area contributed by atoms with Gasteiger partial charge in [-0.25, -0.2) is 0 Å². The lowest BCUT2D eigenvalue weighted by Gasteiger charge is -2.44. The lowest BCUT2D eigenvalue weighted by atomic mass is 9.76. The molecule has 0 bridgehead atoms. The molecule has 51 heavy (non-hydrogen) atoms. The third-order valence-electron chi connectivity index (χ3n) is 14.4. The van der Waals surface area contributed by atoms with Crippen molar-refractivity contribution in [2.24, 2.45) is 41.4 Å². The summed E-state index contributed by atoms with van der Waals surface area (Å²) in [5.41, 5.74) is 4.65. The lowest BCUT2D eigenvalue weighted by Crippen LogP contribution is -2.47. The first-order chi connectivity index (χ1) is 24.1. The SMILES string of the molecule is CC1CC2Cc3c(O)c(Cc4c(O)c5c(c6c4OC4(C)OCC(C)C4C6)OC4(C)OCC(C)C4C5)c4c(c3OC2(C)O1)CC1C(C)COC1(C)O4. The second-order valence-electron chi connectivity index (χ2n) is 17.9. The Morgan fingerprint density at radius 3 is 1.39 bits per heavy atom. The second kappa shape index (κ2) is 10.4. The number of ether oxygens (including phenoxy) is 8. The summed E-state index contributed by atoms with van der Waals surface area (Å²) in [4.78, 5) is 0. The summed E-state index contributed by atoms with van der Waals surface area (Å²) < 4.78 is 52.8. The summed E-state index contributed by atoms with van der Waals surface area (Å²) in [5, 5.41) is 24.9. The summed E-state index contributed by atoms with van der Waals surface area (Å²) >= 11 is 0. The minimum Gasteiger partial charge on any atom is -0.507 e. The Kier molecular flexibility index (Phi) is 6.66. The molecule has 12 unspecified atom stereocenters. The van der Waals surface area contributed by atoms with E-state index in [-0.39, 0.29) is 65.4 Å². The molecule has 4 saturated heterocycles. The van der Waals surface area contributed by atoms with Gasteiger partial charge >= 0.3 is 0 Å². The molecule has 276 valence electrons. The van der Waals surface area contributed by atoms with Gasteiger partial charge in [0, 0.05) is 91.2 Å². The molecule has 0 spiro atoms. The van der Waals surface area contributed by atoms with Crippen molar-refractivity contribution in [1.29, 1.82) is 0 Å². The van der Waals surface area contributed by atoms with Crippen molar-refractivity contribution in [3.05, 3.63) is 33.4 Å². The normalized spacial score (nSPS) is 43.9. The van der Waals surface area contributed by atoms with E-state index in [1.807, 2.05) is 27.7 Å². The summed E-state index contributed by atoms with van der Waals surface area (Å²) in [6.07, 6.45) is 3.68. The van der Waals surface area contributed by atoms with Gasteiger partial charge in [-0.3, -0.25) is 0 Å². The molecular formula is C41H52O10. The Hall–Kier alpha value is -2.92. The van der Waals surface area contributed by atoms with Crippen LogP contribution in [0, 0.1) is 41.4 Å². The van der Waals surface area contributed by atoms with E-state index in [9.17, 15) is 10.2 Å². The Morgan fingerprint density at radius 1 is 0.529 bits per heavy atom. The van der Waals surface area contributed by atoms with E-state index < -0.39 is 23.1 Å². The van der Waals surface area contributed by atoms with Crippen LogP contribution < -0.4 is 18.9 Å². The van der Waals surface area contributed by atoms with Crippen LogP contribution in [0.3, 0.4) is 0 Å². The zero-order valence-corrected chi connectivity index (χ0v) is 31.1. The van der Waals surface area contributed by atoms with Crippen LogP contribution in [0.4, 0.5) is 0 Å². The highest BCUT2D eigenvalue weighted by Crippen LogP contribution is 2.61. The van der Waals surface area contributed by atoms with Crippen LogP contribution in [-0.2, 0) is 51.1 Å². The first kappa shape index (κ1) is 32.7. The van der Waals surface area contributed by atoms with Gasteiger partial charge in [0.1, 0.15) is 34.5 Å². The summed E-state index contributed by atoms with van der Waals surface area (Å²) in [7, 11) is 0. The van der Waals surface area contributed by atoms with E-state index >= 15 is 0 Å². The van der Waals surface area contributed by atoms with Crippen LogP contribution in [0.15, 0.2) is 0 Å². The minimum absolute atomic E-state index is 0.0495. The fourth-order valence-corrected chi connectivity index (χ4v) is 11.3. The maximum atomic E-state index is 12.4. The van der Waals surface area contributed by atoms with Crippen molar-refractivity contribution in [2.45, 2.75) is 123 Å². The summed E-state index contributed by atoms with van der Waals surface area (Å²) in [5.74, 6) is 0.671. The van der Waals surface area contributed by atoms with Gasteiger partial charge in [-0.1, -0.05) is 20.8 Å². The number of rotatable bonds is 2. The van der Waals surface area contributed by atoms with Gasteiger partial charge in [-0.05, 0) is 56.8 Å².